The fourth-order valence-corrected chi connectivity index (χ4v) is 3.84. The van der Waals surface area contributed by atoms with Gasteiger partial charge in [-0.25, -0.2) is 4.98 Å². The standard InChI is InChI=1S/C20H21N3O3/c1-24-15-6-9-23-16(11-15)19(22-20(23)13-4-7-21-8-5-13)14-2-3-17-18(10-14)26-12-25-17/h2-3,6,9-11,13,21H,4-5,7-8,12H2,1H3. The maximum absolute atomic E-state index is 5.55. The van der Waals surface area contributed by atoms with Crippen LogP contribution in [-0.4, -0.2) is 36.4 Å². The molecule has 26 heavy (non-hydrogen) atoms. The molecule has 2 aliphatic rings. The number of pyridine rings is 1. The summed E-state index contributed by atoms with van der Waals surface area (Å²) >= 11 is 0. The predicted molar refractivity (Wildman–Crippen MR) is 98.1 cm³/mol. The van der Waals surface area contributed by atoms with Gasteiger partial charge in [0.15, 0.2) is 11.5 Å². The van der Waals surface area contributed by atoms with Crippen molar-refractivity contribution >= 4 is 5.52 Å². The second-order valence-electron chi connectivity index (χ2n) is 6.73. The zero-order valence-corrected chi connectivity index (χ0v) is 14.7. The maximum atomic E-state index is 5.55. The molecular formula is C20H21N3O3. The normalized spacial score (nSPS) is 17.0. The minimum absolute atomic E-state index is 0.275. The predicted octanol–water partition coefficient (Wildman–Crippen LogP) is 3.21. The molecule has 6 nitrogen and oxygen atoms in total. The summed E-state index contributed by atoms with van der Waals surface area (Å²) in [7, 11) is 1.69. The third-order valence-corrected chi connectivity index (χ3v) is 5.23. The van der Waals surface area contributed by atoms with E-state index in [9.17, 15) is 0 Å². The van der Waals surface area contributed by atoms with E-state index in [1.807, 2.05) is 24.3 Å². The number of hydrogen-bond donors (Lipinski definition) is 1. The van der Waals surface area contributed by atoms with E-state index in [0.717, 1.165) is 65.8 Å². The lowest BCUT2D eigenvalue weighted by Crippen LogP contribution is -2.27. The quantitative estimate of drug-likeness (QED) is 0.785. The summed E-state index contributed by atoms with van der Waals surface area (Å²) in [6.07, 6.45) is 4.27. The number of imidazole rings is 1. The first-order valence-electron chi connectivity index (χ1n) is 9.00. The molecule has 1 fully saturated rings. The van der Waals surface area contributed by atoms with Gasteiger partial charge in [0.05, 0.1) is 18.3 Å². The van der Waals surface area contributed by atoms with Gasteiger partial charge in [-0.1, -0.05) is 0 Å². The molecule has 0 radical (unpaired) electrons. The Morgan fingerprint density at radius 2 is 1.96 bits per heavy atom. The van der Waals surface area contributed by atoms with Crippen LogP contribution in [0.15, 0.2) is 36.5 Å². The molecule has 1 saturated heterocycles. The Bertz CT molecular complexity index is 960. The zero-order chi connectivity index (χ0) is 17.5. The van der Waals surface area contributed by atoms with Gasteiger partial charge in [0, 0.05) is 23.7 Å². The molecule has 0 saturated carbocycles. The smallest absolute Gasteiger partial charge is 0.231 e. The van der Waals surface area contributed by atoms with Crippen LogP contribution in [-0.2, 0) is 0 Å². The molecule has 0 unspecified atom stereocenters. The van der Waals surface area contributed by atoms with Gasteiger partial charge in [0.1, 0.15) is 11.6 Å². The number of nitrogens with zero attached hydrogens (tertiary/aromatic N) is 2. The van der Waals surface area contributed by atoms with Crippen molar-refractivity contribution < 1.29 is 14.2 Å². The van der Waals surface area contributed by atoms with Gasteiger partial charge in [-0.3, -0.25) is 0 Å². The number of hydrogen-bond acceptors (Lipinski definition) is 5. The Labute approximate surface area is 151 Å². The second-order valence-corrected chi connectivity index (χ2v) is 6.73. The summed E-state index contributed by atoms with van der Waals surface area (Å²) in [4.78, 5) is 5.07. The summed E-state index contributed by atoms with van der Waals surface area (Å²) in [6, 6.07) is 10.0. The lowest BCUT2D eigenvalue weighted by molar-refractivity contribution is 0.174. The number of ether oxygens (including phenoxy) is 3. The fourth-order valence-electron chi connectivity index (χ4n) is 3.84. The van der Waals surface area contributed by atoms with Gasteiger partial charge < -0.3 is 23.9 Å². The van der Waals surface area contributed by atoms with E-state index in [-0.39, 0.29) is 6.79 Å². The van der Waals surface area contributed by atoms with Gasteiger partial charge >= 0.3 is 0 Å². The van der Waals surface area contributed by atoms with Crippen molar-refractivity contribution in [2.24, 2.45) is 0 Å². The molecular weight excluding hydrogens is 330 g/mol. The molecule has 3 aromatic rings. The number of piperidine rings is 1. The minimum atomic E-state index is 0.275. The molecule has 0 aliphatic carbocycles. The van der Waals surface area contributed by atoms with E-state index < -0.39 is 0 Å². The van der Waals surface area contributed by atoms with Crippen molar-refractivity contribution in [3.8, 4) is 28.5 Å². The number of aromatic nitrogens is 2. The Morgan fingerprint density at radius 3 is 2.81 bits per heavy atom. The molecule has 2 aliphatic heterocycles. The van der Waals surface area contributed by atoms with Crippen molar-refractivity contribution in [2.75, 3.05) is 27.0 Å². The first-order chi connectivity index (χ1) is 12.8. The highest BCUT2D eigenvalue weighted by atomic mass is 16.7. The van der Waals surface area contributed by atoms with E-state index in [2.05, 4.69) is 22.0 Å². The molecule has 0 bridgehead atoms. The lowest BCUT2D eigenvalue weighted by Gasteiger charge is -2.21. The van der Waals surface area contributed by atoms with Gasteiger partial charge in [-0.05, 0) is 50.2 Å². The average Bonchev–Trinajstić information content (AvgIpc) is 3.32. The molecule has 0 spiro atoms. The minimum Gasteiger partial charge on any atom is -0.497 e. The first kappa shape index (κ1) is 15.5. The third kappa shape index (κ3) is 2.49. The molecule has 134 valence electrons. The summed E-state index contributed by atoms with van der Waals surface area (Å²) in [6.45, 7) is 2.35. The van der Waals surface area contributed by atoms with Gasteiger partial charge in [0.2, 0.25) is 6.79 Å². The number of benzene rings is 1. The van der Waals surface area contributed by atoms with E-state index in [1.165, 1.54) is 0 Å². The highest BCUT2D eigenvalue weighted by Crippen LogP contribution is 2.38. The molecule has 5 rings (SSSR count). The third-order valence-electron chi connectivity index (χ3n) is 5.23. The van der Waals surface area contributed by atoms with Crippen LogP contribution in [0.3, 0.4) is 0 Å². The van der Waals surface area contributed by atoms with Gasteiger partial charge in [-0.15, -0.1) is 0 Å². The topological polar surface area (TPSA) is 57.0 Å². The van der Waals surface area contributed by atoms with Crippen molar-refractivity contribution in [3.05, 3.63) is 42.4 Å². The van der Waals surface area contributed by atoms with Crippen LogP contribution >= 0.6 is 0 Å². The highest BCUT2D eigenvalue weighted by Gasteiger charge is 2.24. The Morgan fingerprint density at radius 1 is 1.12 bits per heavy atom. The Hall–Kier alpha value is -2.73. The lowest BCUT2D eigenvalue weighted by atomic mass is 9.97. The Balaban J connectivity index is 1.68. The zero-order valence-electron chi connectivity index (χ0n) is 14.7. The van der Waals surface area contributed by atoms with Crippen LogP contribution in [0.4, 0.5) is 0 Å². The van der Waals surface area contributed by atoms with Crippen LogP contribution in [0.2, 0.25) is 0 Å². The number of rotatable bonds is 3. The number of methoxy groups -OCH3 is 1. The van der Waals surface area contributed by atoms with Crippen molar-refractivity contribution in [1.82, 2.24) is 14.7 Å². The van der Waals surface area contributed by atoms with Crippen molar-refractivity contribution in [2.45, 2.75) is 18.8 Å². The molecule has 2 aromatic heterocycles. The average molecular weight is 351 g/mol. The Kier molecular flexibility index (Phi) is 3.71. The molecule has 0 atom stereocenters. The monoisotopic (exact) mass is 351 g/mol. The SMILES string of the molecule is COc1ccn2c(C3CCNCC3)nc(-c3ccc4c(c3)OCO4)c2c1. The molecule has 0 amide bonds. The van der Waals surface area contributed by atoms with Gasteiger partial charge in [-0.2, -0.15) is 0 Å². The molecule has 6 heteroatoms. The fraction of sp³-hybridized carbons (Fsp3) is 0.350. The summed E-state index contributed by atoms with van der Waals surface area (Å²) in [5.41, 5.74) is 3.03. The molecule has 4 heterocycles. The number of nitrogens with one attached hydrogen (secondary N) is 1. The second kappa shape index (κ2) is 6.21. The number of fused-ring (bicyclic) bond motifs is 2. The van der Waals surface area contributed by atoms with E-state index in [1.54, 1.807) is 7.11 Å². The highest BCUT2D eigenvalue weighted by molar-refractivity contribution is 5.80. The summed E-state index contributed by atoms with van der Waals surface area (Å²) < 4.78 is 18.6. The van der Waals surface area contributed by atoms with Gasteiger partial charge in [0.25, 0.3) is 0 Å². The largest absolute Gasteiger partial charge is 0.497 e. The van der Waals surface area contributed by atoms with Crippen LogP contribution in [0.25, 0.3) is 16.8 Å². The van der Waals surface area contributed by atoms with Crippen LogP contribution < -0.4 is 19.5 Å². The van der Waals surface area contributed by atoms with E-state index >= 15 is 0 Å². The van der Waals surface area contributed by atoms with Crippen LogP contribution in [0, 0.1) is 0 Å². The summed E-state index contributed by atoms with van der Waals surface area (Å²) in [5, 5.41) is 3.43. The van der Waals surface area contributed by atoms with E-state index in [4.69, 9.17) is 19.2 Å². The van der Waals surface area contributed by atoms with Crippen LogP contribution in [0.1, 0.15) is 24.6 Å². The van der Waals surface area contributed by atoms with Crippen molar-refractivity contribution in [3.63, 3.8) is 0 Å². The molecule has 1 N–H and O–H groups in total. The molecule has 1 aromatic carbocycles. The maximum Gasteiger partial charge on any atom is 0.231 e. The van der Waals surface area contributed by atoms with Crippen molar-refractivity contribution in [1.29, 1.82) is 0 Å². The first-order valence-corrected chi connectivity index (χ1v) is 9.00. The summed E-state index contributed by atoms with van der Waals surface area (Å²) in [5.74, 6) is 3.97. The van der Waals surface area contributed by atoms with Crippen LogP contribution in [0.5, 0.6) is 17.2 Å². The van der Waals surface area contributed by atoms with E-state index in [0.29, 0.717) is 5.92 Å².